The minimum absolute atomic E-state index is 0.275. The Hall–Kier alpha value is -0.860. The highest BCUT2D eigenvalue weighted by Gasteiger charge is 2.33. The third-order valence-corrected chi connectivity index (χ3v) is 3.92. The molecule has 1 saturated carbocycles. The first kappa shape index (κ1) is 13.6. The molecule has 2 unspecified atom stereocenters. The first-order chi connectivity index (χ1) is 8.74. The molecule has 1 fully saturated rings. The summed E-state index contributed by atoms with van der Waals surface area (Å²) in [7, 11) is 0. The Labute approximate surface area is 110 Å². The quantitative estimate of drug-likeness (QED) is 0.775. The normalized spacial score (nSPS) is 18.6. The summed E-state index contributed by atoms with van der Waals surface area (Å²) in [5.74, 6) is 0.792. The van der Waals surface area contributed by atoms with Crippen molar-refractivity contribution >= 4 is 0 Å². The molecule has 1 aromatic rings. The number of aliphatic hydroxyl groups is 1. The molecule has 2 rings (SSSR count). The Morgan fingerprint density at radius 1 is 1.28 bits per heavy atom. The predicted octanol–water partition coefficient (Wildman–Crippen LogP) is 3.20. The van der Waals surface area contributed by atoms with Gasteiger partial charge in [0.2, 0.25) is 0 Å². The fourth-order valence-corrected chi connectivity index (χ4v) is 2.52. The maximum Gasteiger partial charge on any atom is 0.0445 e. The molecular weight excluding hydrogens is 222 g/mol. The van der Waals surface area contributed by atoms with Gasteiger partial charge in [-0.05, 0) is 44.1 Å². The molecule has 1 aromatic carbocycles. The number of nitrogens with one attached hydrogen (secondary N) is 1. The summed E-state index contributed by atoms with van der Waals surface area (Å²) in [6.45, 7) is 4.59. The van der Waals surface area contributed by atoms with Gasteiger partial charge in [0.25, 0.3) is 0 Å². The molecule has 2 nitrogen and oxygen atoms in total. The van der Waals surface area contributed by atoms with Crippen LogP contribution in [0.4, 0.5) is 0 Å². The molecule has 1 aliphatic carbocycles. The summed E-state index contributed by atoms with van der Waals surface area (Å²) >= 11 is 0. The molecule has 100 valence electrons. The lowest BCUT2D eigenvalue weighted by Gasteiger charge is -2.25. The van der Waals surface area contributed by atoms with Gasteiger partial charge in [-0.3, -0.25) is 0 Å². The molecule has 1 aliphatic rings. The van der Waals surface area contributed by atoms with Crippen LogP contribution in [0.15, 0.2) is 24.3 Å². The van der Waals surface area contributed by atoms with Crippen molar-refractivity contribution in [2.24, 2.45) is 5.92 Å². The highest BCUT2D eigenvalue weighted by molar-refractivity contribution is 5.25. The average molecular weight is 247 g/mol. The lowest BCUT2D eigenvalue weighted by atomic mass is 9.99. The third kappa shape index (κ3) is 3.56. The van der Waals surface area contributed by atoms with Gasteiger partial charge in [0.1, 0.15) is 0 Å². The monoisotopic (exact) mass is 247 g/mol. The fraction of sp³-hybridized carbons (Fsp3) is 0.625. The second-order valence-electron chi connectivity index (χ2n) is 5.51. The molecule has 0 spiro atoms. The van der Waals surface area contributed by atoms with Crippen LogP contribution in [0.5, 0.6) is 0 Å². The second kappa shape index (κ2) is 6.35. The van der Waals surface area contributed by atoms with Crippen molar-refractivity contribution in [3.8, 4) is 0 Å². The second-order valence-corrected chi connectivity index (χ2v) is 5.51. The number of hydrogen-bond acceptors (Lipinski definition) is 2. The predicted molar refractivity (Wildman–Crippen MR) is 75.6 cm³/mol. The van der Waals surface area contributed by atoms with Crippen molar-refractivity contribution in [2.75, 3.05) is 6.61 Å². The zero-order valence-corrected chi connectivity index (χ0v) is 11.5. The highest BCUT2D eigenvalue weighted by Crippen LogP contribution is 2.41. The van der Waals surface area contributed by atoms with Crippen molar-refractivity contribution < 1.29 is 5.11 Å². The van der Waals surface area contributed by atoms with Crippen LogP contribution in [0.2, 0.25) is 0 Å². The highest BCUT2D eigenvalue weighted by atomic mass is 16.3. The molecule has 2 heteroatoms. The van der Waals surface area contributed by atoms with E-state index < -0.39 is 0 Å². The van der Waals surface area contributed by atoms with E-state index in [1.807, 2.05) is 0 Å². The van der Waals surface area contributed by atoms with Gasteiger partial charge < -0.3 is 10.4 Å². The summed E-state index contributed by atoms with van der Waals surface area (Å²) in [5, 5.41) is 12.8. The number of aryl methyl sites for hydroxylation is 1. The number of hydrogen-bond donors (Lipinski definition) is 2. The fourth-order valence-electron chi connectivity index (χ4n) is 2.52. The van der Waals surface area contributed by atoms with Crippen LogP contribution >= 0.6 is 0 Å². The van der Waals surface area contributed by atoms with E-state index in [1.165, 1.54) is 24.0 Å². The summed E-state index contributed by atoms with van der Waals surface area (Å²) in [5.41, 5.74) is 2.72. The zero-order chi connectivity index (χ0) is 13.0. The summed E-state index contributed by atoms with van der Waals surface area (Å²) in [4.78, 5) is 0. The minimum atomic E-state index is 0.275. The first-order valence-electron chi connectivity index (χ1n) is 7.18. The van der Waals surface area contributed by atoms with E-state index in [-0.39, 0.29) is 6.61 Å². The lowest BCUT2D eigenvalue weighted by molar-refractivity contribution is 0.252. The van der Waals surface area contributed by atoms with E-state index in [1.54, 1.807) is 0 Å². The first-order valence-corrected chi connectivity index (χ1v) is 7.18. The number of aliphatic hydroxyl groups excluding tert-OH is 1. The molecule has 18 heavy (non-hydrogen) atoms. The molecule has 0 aromatic heterocycles. The largest absolute Gasteiger partial charge is 0.396 e. The molecule has 0 saturated heterocycles. The molecular formula is C16H25NO. The topological polar surface area (TPSA) is 32.3 Å². The molecule has 0 amide bonds. The van der Waals surface area contributed by atoms with E-state index >= 15 is 0 Å². The molecule has 0 aliphatic heterocycles. The van der Waals surface area contributed by atoms with Crippen LogP contribution in [0.25, 0.3) is 0 Å². The standard InChI is InChI=1S/C16H25NO/c1-3-15(10-11-18)17-16(14-8-9-14)13-6-4-12(2)5-7-13/h4-7,14-18H,3,8-11H2,1-2H3. The minimum Gasteiger partial charge on any atom is -0.396 e. The zero-order valence-electron chi connectivity index (χ0n) is 11.5. The van der Waals surface area contributed by atoms with Crippen molar-refractivity contribution in [1.82, 2.24) is 5.32 Å². The van der Waals surface area contributed by atoms with Gasteiger partial charge >= 0.3 is 0 Å². The smallest absolute Gasteiger partial charge is 0.0445 e. The van der Waals surface area contributed by atoms with E-state index in [4.69, 9.17) is 5.11 Å². The van der Waals surface area contributed by atoms with Gasteiger partial charge in [-0.2, -0.15) is 0 Å². The lowest BCUT2D eigenvalue weighted by Crippen LogP contribution is -2.34. The Balaban J connectivity index is 2.05. The maximum absolute atomic E-state index is 9.10. The van der Waals surface area contributed by atoms with Crippen LogP contribution < -0.4 is 5.32 Å². The third-order valence-electron chi connectivity index (χ3n) is 3.92. The molecule has 2 atom stereocenters. The van der Waals surface area contributed by atoms with E-state index in [0.29, 0.717) is 12.1 Å². The van der Waals surface area contributed by atoms with E-state index in [9.17, 15) is 0 Å². The molecule has 2 N–H and O–H groups in total. The van der Waals surface area contributed by atoms with Gasteiger partial charge in [-0.15, -0.1) is 0 Å². The SMILES string of the molecule is CCC(CCO)NC(c1ccc(C)cc1)C1CC1. The van der Waals surface area contributed by atoms with Crippen molar-refractivity contribution in [1.29, 1.82) is 0 Å². The Morgan fingerprint density at radius 2 is 1.94 bits per heavy atom. The Bertz CT molecular complexity index is 356. The van der Waals surface area contributed by atoms with Gasteiger partial charge in [0.15, 0.2) is 0 Å². The average Bonchev–Trinajstić information content (AvgIpc) is 3.20. The Morgan fingerprint density at radius 3 is 2.44 bits per heavy atom. The Kier molecular flexibility index (Phi) is 4.79. The molecule has 0 radical (unpaired) electrons. The van der Waals surface area contributed by atoms with Crippen LogP contribution in [0, 0.1) is 12.8 Å². The van der Waals surface area contributed by atoms with Gasteiger partial charge in [-0.25, -0.2) is 0 Å². The van der Waals surface area contributed by atoms with Crippen LogP contribution in [-0.4, -0.2) is 17.8 Å². The van der Waals surface area contributed by atoms with Gasteiger partial charge in [0.05, 0.1) is 0 Å². The summed E-state index contributed by atoms with van der Waals surface area (Å²) in [6, 6.07) is 9.79. The van der Waals surface area contributed by atoms with Gasteiger partial charge in [-0.1, -0.05) is 36.8 Å². The van der Waals surface area contributed by atoms with Crippen molar-refractivity contribution in [2.45, 2.75) is 51.6 Å². The summed E-state index contributed by atoms with van der Waals surface area (Å²) in [6.07, 6.45) is 4.60. The van der Waals surface area contributed by atoms with E-state index in [2.05, 4.69) is 43.4 Å². The van der Waals surface area contributed by atoms with Crippen LogP contribution in [0.3, 0.4) is 0 Å². The van der Waals surface area contributed by atoms with Crippen molar-refractivity contribution in [3.05, 3.63) is 35.4 Å². The molecule has 0 heterocycles. The van der Waals surface area contributed by atoms with Crippen LogP contribution in [0.1, 0.15) is 49.8 Å². The van der Waals surface area contributed by atoms with Crippen LogP contribution in [-0.2, 0) is 0 Å². The molecule has 0 bridgehead atoms. The number of benzene rings is 1. The summed E-state index contributed by atoms with van der Waals surface area (Å²) < 4.78 is 0. The van der Waals surface area contributed by atoms with Gasteiger partial charge in [0, 0.05) is 18.7 Å². The van der Waals surface area contributed by atoms with Crippen molar-refractivity contribution in [3.63, 3.8) is 0 Å². The number of rotatable bonds is 7. The maximum atomic E-state index is 9.10. The van der Waals surface area contributed by atoms with E-state index in [0.717, 1.165) is 18.8 Å².